The molecule has 1 N–H and O–H groups in total. The van der Waals surface area contributed by atoms with Crippen LogP contribution in [0.2, 0.25) is 0 Å². The molecule has 0 fully saturated rings. The summed E-state index contributed by atoms with van der Waals surface area (Å²) in [6.07, 6.45) is 3.60. The van der Waals surface area contributed by atoms with Crippen LogP contribution >= 0.6 is 27.3 Å². The number of hydrogen-bond donors (Lipinski definition) is 1. The summed E-state index contributed by atoms with van der Waals surface area (Å²) in [5.41, 5.74) is 1.30. The highest BCUT2D eigenvalue weighted by atomic mass is 79.9. The number of halogens is 1. The van der Waals surface area contributed by atoms with Crippen molar-refractivity contribution in [3.8, 4) is 5.75 Å². The summed E-state index contributed by atoms with van der Waals surface area (Å²) in [5, 5.41) is 5.84. The summed E-state index contributed by atoms with van der Waals surface area (Å²) in [5.74, 6) is 1.04. The molecule has 21 heavy (non-hydrogen) atoms. The Bertz CT molecular complexity index is 584. The van der Waals surface area contributed by atoms with Crippen molar-refractivity contribution < 1.29 is 4.74 Å². The minimum atomic E-state index is 0.244. The fourth-order valence-corrected chi connectivity index (χ4v) is 4.05. The first-order valence-electron chi connectivity index (χ1n) is 7.48. The van der Waals surface area contributed by atoms with Crippen LogP contribution in [0, 0.1) is 0 Å². The molecule has 1 aromatic heterocycles. The molecule has 0 saturated carbocycles. The van der Waals surface area contributed by atoms with Gasteiger partial charge in [0.2, 0.25) is 0 Å². The van der Waals surface area contributed by atoms with Crippen LogP contribution in [0.25, 0.3) is 0 Å². The molecular weight excluding hydrogens is 346 g/mol. The molecule has 0 amide bonds. The zero-order chi connectivity index (χ0) is 14.7. The van der Waals surface area contributed by atoms with Gasteiger partial charge in [-0.2, -0.15) is 0 Å². The molecule has 4 heteroatoms. The largest absolute Gasteiger partial charge is 0.488 e. The molecule has 1 aliphatic rings. The van der Waals surface area contributed by atoms with Gasteiger partial charge in [0.1, 0.15) is 11.9 Å². The Kier molecular flexibility index (Phi) is 4.99. The van der Waals surface area contributed by atoms with Crippen LogP contribution in [0.1, 0.15) is 36.2 Å². The van der Waals surface area contributed by atoms with Gasteiger partial charge in [-0.15, -0.1) is 11.3 Å². The molecule has 0 saturated heterocycles. The molecule has 2 heterocycles. The molecule has 0 radical (unpaired) electrons. The topological polar surface area (TPSA) is 21.3 Å². The second kappa shape index (κ2) is 6.95. The fourth-order valence-electron chi connectivity index (χ4n) is 2.80. The summed E-state index contributed by atoms with van der Waals surface area (Å²) < 4.78 is 7.15. The predicted octanol–water partition coefficient (Wildman–Crippen LogP) is 4.95. The Labute approximate surface area is 138 Å². The lowest BCUT2D eigenvalue weighted by Gasteiger charge is -2.19. The van der Waals surface area contributed by atoms with Gasteiger partial charge in [-0.05, 0) is 41.6 Å². The summed E-state index contributed by atoms with van der Waals surface area (Å²) >= 11 is 5.36. The van der Waals surface area contributed by atoms with Gasteiger partial charge in [0, 0.05) is 28.4 Å². The highest BCUT2D eigenvalue weighted by Crippen LogP contribution is 2.31. The maximum absolute atomic E-state index is 6.03. The van der Waals surface area contributed by atoms with Crippen LogP contribution in [0.15, 0.2) is 40.2 Å². The summed E-state index contributed by atoms with van der Waals surface area (Å²) in [6, 6.07) is 11.1. The molecule has 2 nitrogen and oxygen atoms in total. The third kappa shape index (κ3) is 3.68. The number of benzene rings is 1. The van der Waals surface area contributed by atoms with Gasteiger partial charge in [0.15, 0.2) is 0 Å². The van der Waals surface area contributed by atoms with Crippen LogP contribution in [0.3, 0.4) is 0 Å². The molecule has 0 spiro atoms. The van der Waals surface area contributed by atoms with Crippen LogP contribution in [0.4, 0.5) is 0 Å². The van der Waals surface area contributed by atoms with Crippen molar-refractivity contribution in [3.05, 3.63) is 50.6 Å². The van der Waals surface area contributed by atoms with E-state index in [1.54, 1.807) is 0 Å². The summed E-state index contributed by atoms with van der Waals surface area (Å²) in [7, 11) is 0. The highest BCUT2D eigenvalue weighted by Gasteiger charge is 2.24. The normalized spacial score (nSPS) is 18.3. The lowest BCUT2D eigenvalue weighted by molar-refractivity contribution is 0.220. The molecule has 112 valence electrons. The Hall–Kier alpha value is -0.840. The minimum absolute atomic E-state index is 0.244. The highest BCUT2D eigenvalue weighted by molar-refractivity contribution is 9.10. The fraction of sp³-hybridized carbons (Fsp3) is 0.412. The summed E-state index contributed by atoms with van der Waals surface area (Å²) in [6.45, 7) is 3.14. The number of thiophene rings is 1. The number of rotatable bonds is 6. The third-order valence-corrected chi connectivity index (χ3v) is 5.30. The maximum Gasteiger partial charge on any atom is 0.123 e. The van der Waals surface area contributed by atoms with E-state index in [2.05, 4.69) is 57.8 Å². The van der Waals surface area contributed by atoms with Crippen molar-refractivity contribution in [1.29, 1.82) is 0 Å². The average molecular weight is 366 g/mol. The van der Waals surface area contributed by atoms with Crippen molar-refractivity contribution in [3.63, 3.8) is 0 Å². The Morgan fingerprint density at radius 3 is 3.10 bits per heavy atom. The first kappa shape index (κ1) is 15.1. The van der Waals surface area contributed by atoms with Gasteiger partial charge in [-0.1, -0.05) is 35.3 Å². The molecule has 2 unspecified atom stereocenters. The van der Waals surface area contributed by atoms with E-state index in [-0.39, 0.29) is 6.10 Å². The monoisotopic (exact) mass is 365 g/mol. The lowest BCUT2D eigenvalue weighted by atomic mass is 10.1. The number of ether oxygens (including phenoxy) is 1. The predicted molar refractivity (Wildman–Crippen MR) is 92.2 cm³/mol. The van der Waals surface area contributed by atoms with E-state index in [9.17, 15) is 0 Å². The van der Waals surface area contributed by atoms with Gasteiger partial charge in [0.05, 0.1) is 0 Å². The van der Waals surface area contributed by atoms with E-state index in [0.717, 1.165) is 23.2 Å². The van der Waals surface area contributed by atoms with Crippen LogP contribution in [-0.2, 0) is 6.42 Å². The second-order valence-electron chi connectivity index (χ2n) is 5.46. The van der Waals surface area contributed by atoms with E-state index in [1.165, 1.54) is 23.3 Å². The van der Waals surface area contributed by atoms with Crippen LogP contribution < -0.4 is 10.1 Å². The van der Waals surface area contributed by atoms with Crippen molar-refractivity contribution in [1.82, 2.24) is 5.32 Å². The quantitative estimate of drug-likeness (QED) is 0.782. The third-order valence-electron chi connectivity index (χ3n) is 3.82. The Morgan fingerprint density at radius 1 is 1.43 bits per heavy atom. The average Bonchev–Trinajstić information content (AvgIpc) is 3.12. The Morgan fingerprint density at radius 2 is 2.33 bits per heavy atom. The standard InChI is InChI=1S/C17H20BrNOS/c1-2-4-15(17-5-3-8-21-17)19-11-14-10-12-9-13(18)6-7-16(12)20-14/h3,5-9,14-15,19H,2,4,10-11H2,1H3. The van der Waals surface area contributed by atoms with E-state index in [0.29, 0.717) is 6.04 Å². The Balaban J connectivity index is 1.58. The lowest BCUT2D eigenvalue weighted by Crippen LogP contribution is -2.32. The molecule has 0 bridgehead atoms. The van der Waals surface area contributed by atoms with Gasteiger partial charge in [-0.25, -0.2) is 0 Å². The van der Waals surface area contributed by atoms with Gasteiger partial charge < -0.3 is 10.1 Å². The smallest absolute Gasteiger partial charge is 0.123 e. The van der Waals surface area contributed by atoms with E-state index >= 15 is 0 Å². The molecular formula is C17H20BrNOS. The molecule has 0 aliphatic carbocycles. The van der Waals surface area contributed by atoms with Crippen LogP contribution in [0.5, 0.6) is 5.75 Å². The van der Waals surface area contributed by atoms with E-state index in [4.69, 9.17) is 4.74 Å². The summed E-state index contributed by atoms with van der Waals surface area (Å²) in [4.78, 5) is 1.43. The molecule has 1 aromatic carbocycles. The van der Waals surface area contributed by atoms with Crippen LogP contribution in [-0.4, -0.2) is 12.6 Å². The maximum atomic E-state index is 6.03. The van der Waals surface area contributed by atoms with Crippen molar-refractivity contribution in [2.24, 2.45) is 0 Å². The number of nitrogens with one attached hydrogen (secondary N) is 1. The molecule has 2 atom stereocenters. The van der Waals surface area contributed by atoms with Crippen molar-refractivity contribution in [2.75, 3.05) is 6.54 Å². The molecule has 1 aliphatic heterocycles. The van der Waals surface area contributed by atoms with Crippen molar-refractivity contribution in [2.45, 2.75) is 38.3 Å². The zero-order valence-electron chi connectivity index (χ0n) is 12.1. The van der Waals surface area contributed by atoms with Gasteiger partial charge in [0.25, 0.3) is 0 Å². The zero-order valence-corrected chi connectivity index (χ0v) is 14.5. The van der Waals surface area contributed by atoms with Gasteiger partial charge in [-0.3, -0.25) is 0 Å². The van der Waals surface area contributed by atoms with Crippen molar-refractivity contribution >= 4 is 27.3 Å². The first-order valence-corrected chi connectivity index (χ1v) is 9.15. The van der Waals surface area contributed by atoms with Gasteiger partial charge >= 0.3 is 0 Å². The SMILES string of the molecule is CCCC(NCC1Cc2cc(Br)ccc2O1)c1cccs1. The first-order chi connectivity index (χ1) is 10.3. The molecule has 3 rings (SSSR count). The van der Waals surface area contributed by atoms with E-state index in [1.807, 2.05) is 17.4 Å². The minimum Gasteiger partial charge on any atom is -0.488 e. The number of fused-ring (bicyclic) bond motifs is 1. The second-order valence-corrected chi connectivity index (χ2v) is 7.36. The number of hydrogen-bond acceptors (Lipinski definition) is 3. The van der Waals surface area contributed by atoms with E-state index < -0.39 is 0 Å². The molecule has 2 aromatic rings.